The number of halogens is 2. The maximum atomic E-state index is 10.4. The summed E-state index contributed by atoms with van der Waals surface area (Å²) in [6, 6.07) is 8.74. The maximum Gasteiger partial charge on any atom is 0.252 e. The molecule has 1 nitrogen and oxygen atoms in total. The van der Waals surface area contributed by atoms with E-state index < -0.39 is 5.24 Å². The van der Waals surface area contributed by atoms with Gasteiger partial charge < -0.3 is 12.4 Å². The molecule has 0 aliphatic heterocycles. The Labute approximate surface area is 70.4 Å². The summed E-state index contributed by atoms with van der Waals surface area (Å²) in [5, 5.41) is -0.407. The molecule has 0 aliphatic carbocycles. The van der Waals surface area contributed by atoms with Crippen LogP contribution in [0.25, 0.3) is 0 Å². The van der Waals surface area contributed by atoms with Crippen molar-refractivity contribution in [1.82, 2.24) is 0 Å². The third-order valence-corrected chi connectivity index (χ3v) is 1.22. The van der Waals surface area contributed by atoms with Crippen molar-refractivity contribution in [2.24, 2.45) is 0 Å². The molecule has 0 saturated carbocycles. The molecule has 3 heteroatoms. The molecule has 54 valence electrons. The first-order valence-corrected chi connectivity index (χ1v) is 2.93. The van der Waals surface area contributed by atoms with Crippen LogP contribution in [-0.4, -0.2) is 5.24 Å². The second kappa shape index (κ2) is 4.31. The molecule has 0 spiro atoms. The van der Waals surface area contributed by atoms with E-state index in [-0.39, 0.29) is 12.4 Å². The molecule has 0 fully saturated rings. The normalized spacial score (nSPS) is 8.10. The lowest BCUT2D eigenvalue weighted by atomic mass is 10.2. The molecule has 10 heavy (non-hydrogen) atoms. The minimum absolute atomic E-state index is 0. The van der Waals surface area contributed by atoms with E-state index in [4.69, 9.17) is 11.6 Å². The van der Waals surface area contributed by atoms with Crippen molar-refractivity contribution in [3.63, 3.8) is 0 Å². The second-order valence-electron chi connectivity index (χ2n) is 1.64. The van der Waals surface area contributed by atoms with Crippen LogP contribution in [0.15, 0.2) is 30.3 Å². The largest absolute Gasteiger partial charge is 1.00 e. The molecule has 0 aliphatic rings. The monoisotopic (exact) mass is 175 g/mol. The Hall–Kier alpha value is -0.530. The first-order valence-electron chi connectivity index (χ1n) is 2.55. The topological polar surface area (TPSA) is 17.1 Å². The second-order valence-corrected chi connectivity index (χ2v) is 1.98. The highest BCUT2D eigenvalue weighted by molar-refractivity contribution is 6.67. The summed E-state index contributed by atoms with van der Waals surface area (Å²) < 4.78 is 0. The number of hydrogen-bond acceptors (Lipinski definition) is 1. The van der Waals surface area contributed by atoms with E-state index in [0.29, 0.717) is 5.56 Å². The van der Waals surface area contributed by atoms with Crippen LogP contribution in [-0.2, 0) is 0 Å². The van der Waals surface area contributed by atoms with E-state index in [1.807, 2.05) is 6.07 Å². The molecule has 0 atom stereocenters. The van der Waals surface area contributed by atoms with Crippen LogP contribution < -0.4 is 12.4 Å². The van der Waals surface area contributed by atoms with Gasteiger partial charge in [-0.2, -0.15) is 0 Å². The smallest absolute Gasteiger partial charge is 0.252 e. The van der Waals surface area contributed by atoms with Gasteiger partial charge in [0.25, 0.3) is 5.24 Å². The van der Waals surface area contributed by atoms with Gasteiger partial charge in [-0.05, 0) is 11.6 Å². The molecule has 0 radical (unpaired) electrons. The van der Waals surface area contributed by atoms with E-state index >= 15 is 0 Å². The first-order chi connectivity index (χ1) is 4.30. The number of benzene rings is 1. The molecule has 1 aromatic rings. The van der Waals surface area contributed by atoms with Crippen LogP contribution in [0.2, 0.25) is 0 Å². The molecular formula is C7H5Cl2O-. The SMILES string of the molecule is O=C(Cl)c1ccccc1.[Cl-]. The summed E-state index contributed by atoms with van der Waals surface area (Å²) >= 11 is 5.16. The summed E-state index contributed by atoms with van der Waals surface area (Å²) in [5.74, 6) is 0. The highest BCUT2D eigenvalue weighted by Crippen LogP contribution is 2.01. The zero-order valence-corrected chi connectivity index (χ0v) is 6.56. The Balaban J connectivity index is 0.000000810. The quantitative estimate of drug-likeness (QED) is 0.505. The lowest BCUT2D eigenvalue weighted by Crippen LogP contribution is -3.00. The Morgan fingerprint density at radius 3 is 2.00 bits per heavy atom. The fourth-order valence-corrected chi connectivity index (χ4v) is 0.695. The molecule has 0 bridgehead atoms. The van der Waals surface area contributed by atoms with Gasteiger partial charge in [-0.3, -0.25) is 4.79 Å². The molecule has 0 unspecified atom stereocenters. The number of carbonyl (C=O) groups is 1. The van der Waals surface area contributed by atoms with Gasteiger partial charge in [-0.1, -0.05) is 30.3 Å². The van der Waals surface area contributed by atoms with E-state index in [9.17, 15) is 4.79 Å². The molecule has 0 aromatic heterocycles. The van der Waals surface area contributed by atoms with Gasteiger partial charge in [0.15, 0.2) is 0 Å². The van der Waals surface area contributed by atoms with Gasteiger partial charge in [0.1, 0.15) is 0 Å². The van der Waals surface area contributed by atoms with Crippen LogP contribution in [0.3, 0.4) is 0 Å². The average Bonchev–Trinajstić information content (AvgIpc) is 1.90. The third-order valence-electron chi connectivity index (χ3n) is 1.00. The van der Waals surface area contributed by atoms with E-state index in [0.717, 1.165) is 0 Å². The van der Waals surface area contributed by atoms with Crippen molar-refractivity contribution in [2.45, 2.75) is 0 Å². The predicted octanol–water partition coefficient (Wildman–Crippen LogP) is -0.930. The highest BCUT2D eigenvalue weighted by atomic mass is 35.5. The van der Waals surface area contributed by atoms with Gasteiger partial charge in [0, 0.05) is 5.56 Å². The molecular weight excluding hydrogens is 171 g/mol. The summed E-state index contributed by atoms with van der Waals surface area (Å²) in [6.45, 7) is 0. The van der Waals surface area contributed by atoms with Crippen LogP contribution in [0, 0.1) is 0 Å². The van der Waals surface area contributed by atoms with Crippen LogP contribution in [0.4, 0.5) is 0 Å². The van der Waals surface area contributed by atoms with E-state index in [1.54, 1.807) is 24.3 Å². The van der Waals surface area contributed by atoms with Gasteiger partial charge in [0.2, 0.25) is 0 Å². The molecule has 0 N–H and O–H groups in total. The first kappa shape index (κ1) is 9.47. The predicted molar refractivity (Wildman–Crippen MR) is 36.6 cm³/mol. The van der Waals surface area contributed by atoms with E-state index in [1.165, 1.54) is 0 Å². The maximum absolute atomic E-state index is 10.4. The van der Waals surface area contributed by atoms with Gasteiger partial charge in [0.05, 0.1) is 0 Å². The third kappa shape index (κ3) is 2.38. The number of hydrogen-bond donors (Lipinski definition) is 0. The minimum Gasteiger partial charge on any atom is -1.00 e. The lowest BCUT2D eigenvalue weighted by molar-refractivity contribution is -0.00000875. The average molecular weight is 176 g/mol. The van der Waals surface area contributed by atoms with Crippen molar-refractivity contribution in [3.05, 3.63) is 35.9 Å². The Morgan fingerprint density at radius 1 is 1.20 bits per heavy atom. The number of rotatable bonds is 1. The van der Waals surface area contributed by atoms with Gasteiger partial charge in [-0.25, -0.2) is 0 Å². The summed E-state index contributed by atoms with van der Waals surface area (Å²) in [6.07, 6.45) is 0. The molecule has 1 aromatic carbocycles. The Bertz CT molecular complexity index is 208. The van der Waals surface area contributed by atoms with Gasteiger partial charge in [-0.15, -0.1) is 0 Å². The van der Waals surface area contributed by atoms with Crippen molar-refractivity contribution in [3.8, 4) is 0 Å². The lowest BCUT2D eigenvalue weighted by Gasteiger charge is -1.87. The highest BCUT2D eigenvalue weighted by Gasteiger charge is 1.95. The number of carbonyl (C=O) groups excluding carboxylic acids is 1. The molecule has 0 heterocycles. The molecule has 0 saturated heterocycles. The Morgan fingerprint density at radius 2 is 1.70 bits per heavy atom. The fraction of sp³-hybridized carbons (Fsp3) is 0. The summed E-state index contributed by atoms with van der Waals surface area (Å²) in [4.78, 5) is 10.4. The van der Waals surface area contributed by atoms with E-state index in [2.05, 4.69) is 0 Å². The van der Waals surface area contributed by atoms with Crippen LogP contribution >= 0.6 is 11.6 Å². The van der Waals surface area contributed by atoms with Crippen molar-refractivity contribution >= 4 is 16.8 Å². The Kier molecular flexibility index (Phi) is 4.08. The van der Waals surface area contributed by atoms with Crippen LogP contribution in [0.1, 0.15) is 10.4 Å². The summed E-state index contributed by atoms with van der Waals surface area (Å²) in [5.41, 5.74) is 0.541. The standard InChI is InChI=1S/C7H5ClO.ClH/c8-7(9)6-4-2-1-3-5-6;/h1-5H;1H/p-1. The summed E-state index contributed by atoms with van der Waals surface area (Å²) in [7, 11) is 0. The van der Waals surface area contributed by atoms with Crippen LogP contribution in [0.5, 0.6) is 0 Å². The fourth-order valence-electron chi connectivity index (χ4n) is 0.569. The minimum atomic E-state index is -0.407. The zero-order valence-electron chi connectivity index (χ0n) is 5.05. The molecule has 0 amide bonds. The van der Waals surface area contributed by atoms with Crippen molar-refractivity contribution < 1.29 is 17.2 Å². The molecule has 1 rings (SSSR count). The van der Waals surface area contributed by atoms with Crippen molar-refractivity contribution in [1.29, 1.82) is 0 Å². The van der Waals surface area contributed by atoms with Gasteiger partial charge >= 0.3 is 0 Å². The zero-order chi connectivity index (χ0) is 6.69. The van der Waals surface area contributed by atoms with Crippen molar-refractivity contribution in [2.75, 3.05) is 0 Å².